The van der Waals surface area contributed by atoms with E-state index < -0.39 is 20.8 Å². The van der Waals surface area contributed by atoms with Gasteiger partial charge in [-0.1, -0.05) is 0 Å². The number of halogens is 1. The maximum absolute atomic E-state index is 13.7. The Morgan fingerprint density at radius 2 is 1.72 bits per heavy atom. The summed E-state index contributed by atoms with van der Waals surface area (Å²) in [5.74, 6) is -0.526. The molecule has 1 aliphatic heterocycles. The van der Waals surface area contributed by atoms with Crippen LogP contribution < -0.4 is 9.47 Å². The number of benzene rings is 2. The van der Waals surface area contributed by atoms with Gasteiger partial charge in [-0.25, -0.2) is 12.8 Å². The third-order valence-electron chi connectivity index (χ3n) is 4.17. The Bertz CT molecular complexity index is 961. The number of hydrogen-bond donors (Lipinski definition) is 0. The van der Waals surface area contributed by atoms with Gasteiger partial charge >= 0.3 is 0 Å². The van der Waals surface area contributed by atoms with Crippen LogP contribution in [-0.2, 0) is 14.8 Å². The molecule has 0 atom stereocenters. The molecule has 2 aromatic carbocycles. The van der Waals surface area contributed by atoms with Crippen molar-refractivity contribution in [3.8, 4) is 11.5 Å². The van der Waals surface area contributed by atoms with Gasteiger partial charge < -0.3 is 14.2 Å². The summed E-state index contributed by atoms with van der Waals surface area (Å²) in [5.41, 5.74) is -0.363. The minimum atomic E-state index is -3.57. The summed E-state index contributed by atoms with van der Waals surface area (Å²) < 4.78 is 56.0. The Balaban J connectivity index is 1.51. The molecule has 0 spiro atoms. The SMILES string of the molecule is O=[N+]([O-])c1ccc(OCCOc2ccc(S(=O)(=O)N3CCOCC3)cc2)c(F)c1. The third kappa shape index (κ3) is 5.19. The molecule has 0 radical (unpaired) electrons. The Kier molecular flexibility index (Phi) is 6.62. The van der Waals surface area contributed by atoms with Crippen molar-refractivity contribution in [1.82, 2.24) is 4.31 Å². The molecule has 29 heavy (non-hydrogen) atoms. The second-order valence-electron chi connectivity index (χ2n) is 6.06. The van der Waals surface area contributed by atoms with Crippen molar-refractivity contribution in [2.75, 3.05) is 39.5 Å². The first-order valence-corrected chi connectivity index (χ1v) is 10.2. The zero-order chi connectivity index (χ0) is 20.9. The number of nitro groups is 1. The molecule has 0 saturated carbocycles. The molecule has 1 aliphatic rings. The normalized spacial score (nSPS) is 15.1. The van der Waals surface area contributed by atoms with Gasteiger partial charge in [-0.3, -0.25) is 10.1 Å². The molecule has 2 aromatic rings. The Hall–Kier alpha value is -2.76. The molecule has 11 heteroatoms. The van der Waals surface area contributed by atoms with Gasteiger partial charge in [0, 0.05) is 19.2 Å². The van der Waals surface area contributed by atoms with Gasteiger partial charge in [0.1, 0.15) is 19.0 Å². The van der Waals surface area contributed by atoms with Crippen molar-refractivity contribution < 1.29 is 31.9 Å². The Morgan fingerprint density at radius 1 is 1.07 bits per heavy atom. The number of morpholine rings is 1. The van der Waals surface area contributed by atoms with Crippen molar-refractivity contribution in [2.45, 2.75) is 4.90 Å². The number of hydrogen-bond acceptors (Lipinski definition) is 7. The van der Waals surface area contributed by atoms with Crippen LogP contribution in [0.15, 0.2) is 47.4 Å². The van der Waals surface area contributed by atoms with Gasteiger partial charge in [-0.15, -0.1) is 0 Å². The number of rotatable bonds is 8. The van der Waals surface area contributed by atoms with Gasteiger partial charge in [0.05, 0.1) is 29.1 Å². The fraction of sp³-hybridized carbons (Fsp3) is 0.333. The fourth-order valence-electron chi connectivity index (χ4n) is 2.68. The van der Waals surface area contributed by atoms with Crippen LogP contribution in [0.2, 0.25) is 0 Å². The molecule has 0 bridgehead atoms. The van der Waals surface area contributed by atoms with Crippen LogP contribution in [0.1, 0.15) is 0 Å². The second kappa shape index (κ2) is 9.16. The molecule has 0 aromatic heterocycles. The van der Waals surface area contributed by atoms with E-state index in [1.165, 1.54) is 34.6 Å². The van der Waals surface area contributed by atoms with E-state index in [1.54, 1.807) is 0 Å². The van der Waals surface area contributed by atoms with Gasteiger partial charge in [0.2, 0.25) is 10.0 Å². The average molecular weight is 426 g/mol. The van der Waals surface area contributed by atoms with Crippen LogP contribution >= 0.6 is 0 Å². The Labute approximate surface area is 166 Å². The topological polar surface area (TPSA) is 108 Å². The monoisotopic (exact) mass is 426 g/mol. The molecule has 9 nitrogen and oxygen atoms in total. The summed E-state index contributed by atoms with van der Waals surface area (Å²) in [4.78, 5) is 10.1. The smallest absolute Gasteiger partial charge is 0.272 e. The summed E-state index contributed by atoms with van der Waals surface area (Å²) in [7, 11) is -3.57. The minimum absolute atomic E-state index is 0.00254. The standard InChI is InChI=1S/C18H19FN2O7S/c19-17-13-14(21(22)23)1-6-18(17)28-12-11-27-15-2-4-16(5-3-15)29(24,25)20-7-9-26-10-8-20/h1-6,13H,7-12H2. The number of nitrogens with zero attached hydrogens (tertiary/aromatic N) is 2. The predicted molar refractivity (Wildman–Crippen MR) is 100 cm³/mol. The van der Waals surface area contributed by atoms with E-state index in [0.29, 0.717) is 32.1 Å². The lowest BCUT2D eigenvalue weighted by molar-refractivity contribution is -0.385. The van der Waals surface area contributed by atoms with E-state index in [1.807, 2.05) is 0 Å². The van der Waals surface area contributed by atoms with Crippen LogP contribution in [0.3, 0.4) is 0 Å². The zero-order valence-electron chi connectivity index (χ0n) is 15.3. The van der Waals surface area contributed by atoms with Gasteiger partial charge in [-0.2, -0.15) is 4.31 Å². The molecule has 1 fully saturated rings. The van der Waals surface area contributed by atoms with Crippen LogP contribution in [-0.4, -0.2) is 57.2 Å². The highest BCUT2D eigenvalue weighted by Crippen LogP contribution is 2.23. The summed E-state index contributed by atoms with van der Waals surface area (Å²) in [6.07, 6.45) is 0. The zero-order valence-corrected chi connectivity index (χ0v) is 16.1. The summed E-state index contributed by atoms with van der Waals surface area (Å²) in [6.45, 7) is 1.45. The predicted octanol–water partition coefficient (Wildman–Crippen LogP) is 2.21. The summed E-state index contributed by atoms with van der Waals surface area (Å²) >= 11 is 0. The second-order valence-corrected chi connectivity index (χ2v) is 7.99. The first kappa shape index (κ1) is 21.0. The van der Waals surface area contributed by atoms with Crippen LogP contribution in [0.5, 0.6) is 11.5 Å². The largest absolute Gasteiger partial charge is 0.490 e. The molecule has 0 N–H and O–H groups in total. The first-order chi connectivity index (χ1) is 13.9. The fourth-order valence-corrected chi connectivity index (χ4v) is 4.08. The maximum Gasteiger partial charge on any atom is 0.272 e. The maximum atomic E-state index is 13.7. The van der Waals surface area contributed by atoms with E-state index in [9.17, 15) is 22.9 Å². The van der Waals surface area contributed by atoms with E-state index >= 15 is 0 Å². The lowest BCUT2D eigenvalue weighted by Gasteiger charge is -2.26. The molecule has 1 saturated heterocycles. The molecule has 156 valence electrons. The molecule has 0 unspecified atom stereocenters. The van der Waals surface area contributed by atoms with E-state index in [0.717, 1.165) is 12.1 Å². The van der Waals surface area contributed by atoms with E-state index in [4.69, 9.17) is 14.2 Å². The highest BCUT2D eigenvalue weighted by atomic mass is 32.2. The van der Waals surface area contributed by atoms with Crippen LogP contribution in [0.25, 0.3) is 0 Å². The number of non-ortho nitro benzene ring substituents is 1. The lowest BCUT2D eigenvalue weighted by atomic mass is 10.3. The molecule has 3 rings (SSSR count). The van der Waals surface area contributed by atoms with Crippen molar-refractivity contribution in [2.24, 2.45) is 0 Å². The molecule has 0 aliphatic carbocycles. The van der Waals surface area contributed by atoms with Crippen molar-refractivity contribution in [3.05, 3.63) is 58.4 Å². The highest BCUT2D eigenvalue weighted by Gasteiger charge is 2.26. The first-order valence-electron chi connectivity index (χ1n) is 8.75. The number of ether oxygens (including phenoxy) is 3. The van der Waals surface area contributed by atoms with Gasteiger partial charge in [0.15, 0.2) is 11.6 Å². The third-order valence-corrected chi connectivity index (χ3v) is 6.08. The average Bonchev–Trinajstić information content (AvgIpc) is 2.73. The van der Waals surface area contributed by atoms with Crippen molar-refractivity contribution in [1.29, 1.82) is 0 Å². The van der Waals surface area contributed by atoms with Crippen LogP contribution in [0, 0.1) is 15.9 Å². The number of sulfonamides is 1. The minimum Gasteiger partial charge on any atom is -0.490 e. The number of nitro benzene ring substituents is 1. The molecular formula is C18H19FN2O7S. The van der Waals surface area contributed by atoms with Crippen molar-refractivity contribution >= 4 is 15.7 Å². The van der Waals surface area contributed by atoms with E-state index in [2.05, 4.69) is 0 Å². The van der Waals surface area contributed by atoms with Crippen LogP contribution in [0.4, 0.5) is 10.1 Å². The van der Waals surface area contributed by atoms with Gasteiger partial charge in [0.25, 0.3) is 5.69 Å². The van der Waals surface area contributed by atoms with E-state index in [-0.39, 0.29) is 29.5 Å². The quantitative estimate of drug-likeness (QED) is 0.362. The Morgan fingerprint density at radius 3 is 2.34 bits per heavy atom. The molecule has 0 amide bonds. The molecule has 1 heterocycles. The highest BCUT2D eigenvalue weighted by molar-refractivity contribution is 7.89. The van der Waals surface area contributed by atoms with Gasteiger partial charge in [-0.05, 0) is 30.3 Å². The summed E-state index contributed by atoms with van der Waals surface area (Å²) in [5, 5.41) is 10.6. The lowest BCUT2D eigenvalue weighted by Crippen LogP contribution is -2.40. The molecular weight excluding hydrogens is 407 g/mol. The van der Waals surface area contributed by atoms with Crippen molar-refractivity contribution in [3.63, 3.8) is 0 Å². The summed E-state index contributed by atoms with van der Waals surface area (Å²) in [6, 6.07) is 9.07.